The van der Waals surface area contributed by atoms with Crippen LogP contribution in [0.4, 0.5) is 0 Å². The van der Waals surface area contributed by atoms with Crippen LogP contribution in [-0.4, -0.2) is 46.1 Å². The third-order valence-corrected chi connectivity index (χ3v) is 7.20. The minimum Gasteiger partial charge on any atom is -0.371 e. The summed E-state index contributed by atoms with van der Waals surface area (Å²) in [6.45, 7) is 5.66. The Balaban J connectivity index is 1.44. The summed E-state index contributed by atoms with van der Waals surface area (Å²) in [5, 5.41) is 0. The molecule has 1 aliphatic heterocycles. The highest BCUT2D eigenvalue weighted by molar-refractivity contribution is 7.91. The maximum Gasteiger partial charge on any atom is 0.250 e. The van der Waals surface area contributed by atoms with Gasteiger partial charge < -0.3 is 4.74 Å². The number of nitrogens with zero attached hydrogens (tertiary/aromatic N) is 1. The second-order valence-electron chi connectivity index (χ2n) is 6.19. The number of morpholine rings is 1. The number of rotatable bonds is 7. The predicted molar refractivity (Wildman–Crippen MR) is 100 cm³/mol. The van der Waals surface area contributed by atoms with E-state index in [-0.39, 0.29) is 6.10 Å². The van der Waals surface area contributed by atoms with Crippen LogP contribution in [0.3, 0.4) is 0 Å². The zero-order chi connectivity index (χ0) is 17.7. The van der Waals surface area contributed by atoms with Crippen LogP contribution in [0.1, 0.15) is 23.0 Å². The van der Waals surface area contributed by atoms with Crippen molar-refractivity contribution in [3.8, 4) is 0 Å². The van der Waals surface area contributed by atoms with E-state index in [0.29, 0.717) is 17.4 Å². The Morgan fingerprint density at radius 1 is 1.24 bits per heavy atom. The Morgan fingerprint density at radius 2 is 2.04 bits per heavy atom. The van der Waals surface area contributed by atoms with Gasteiger partial charge in [0.15, 0.2) is 0 Å². The third-order valence-electron chi connectivity index (χ3n) is 4.25. The van der Waals surface area contributed by atoms with Gasteiger partial charge in [-0.1, -0.05) is 30.3 Å². The average Bonchev–Trinajstić information content (AvgIpc) is 3.07. The summed E-state index contributed by atoms with van der Waals surface area (Å²) in [7, 11) is -3.37. The molecule has 0 amide bonds. The van der Waals surface area contributed by atoms with Crippen LogP contribution in [0.15, 0.2) is 46.7 Å². The first kappa shape index (κ1) is 18.5. The molecule has 2 heterocycles. The number of sulfonamides is 1. The van der Waals surface area contributed by atoms with Gasteiger partial charge in [0.25, 0.3) is 0 Å². The van der Waals surface area contributed by atoms with E-state index in [1.54, 1.807) is 6.07 Å². The number of hydrogen-bond acceptors (Lipinski definition) is 5. The Bertz CT molecular complexity index is 775. The molecule has 25 heavy (non-hydrogen) atoms. The summed E-state index contributed by atoms with van der Waals surface area (Å²) < 4.78 is 33.3. The largest absolute Gasteiger partial charge is 0.371 e. The van der Waals surface area contributed by atoms with Crippen LogP contribution in [0.2, 0.25) is 0 Å². The molecule has 2 aromatic rings. The first-order valence-electron chi connectivity index (χ1n) is 8.49. The SMILES string of the molecule is Cc1ccc(S(=O)(=O)NCCCN2CCO[C@H](c3ccccc3)C2)s1. The van der Waals surface area contributed by atoms with E-state index in [0.717, 1.165) is 30.9 Å². The quantitative estimate of drug-likeness (QED) is 0.751. The van der Waals surface area contributed by atoms with E-state index < -0.39 is 10.0 Å². The van der Waals surface area contributed by atoms with Gasteiger partial charge in [0, 0.05) is 24.5 Å². The number of aryl methyl sites for hydroxylation is 1. The van der Waals surface area contributed by atoms with Crippen molar-refractivity contribution in [1.82, 2.24) is 9.62 Å². The van der Waals surface area contributed by atoms with Gasteiger partial charge >= 0.3 is 0 Å². The van der Waals surface area contributed by atoms with E-state index in [4.69, 9.17) is 4.74 Å². The molecule has 1 aromatic heterocycles. The van der Waals surface area contributed by atoms with Crippen LogP contribution >= 0.6 is 11.3 Å². The minimum atomic E-state index is -3.37. The number of thiophene rings is 1. The molecule has 1 N–H and O–H groups in total. The second-order valence-corrected chi connectivity index (χ2v) is 9.47. The molecule has 0 bridgehead atoms. The zero-order valence-electron chi connectivity index (χ0n) is 14.3. The van der Waals surface area contributed by atoms with Gasteiger partial charge in [-0.15, -0.1) is 11.3 Å². The molecule has 0 unspecified atom stereocenters. The van der Waals surface area contributed by atoms with E-state index in [2.05, 4.69) is 21.8 Å². The van der Waals surface area contributed by atoms with Crippen LogP contribution < -0.4 is 4.72 Å². The standard InChI is InChI=1S/C18H24N2O3S2/c1-15-8-9-18(24-15)25(21,22)19-10-5-11-20-12-13-23-17(14-20)16-6-3-2-4-7-16/h2-4,6-9,17,19H,5,10-14H2,1H3/t17-/m0/s1. The van der Waals surface area contributed by atoms with Gasteiger partial charge in [-0.05, 0) is 37.6 Å². The zero-order valence-corrected chi connectivity index (χ0v) is 16.0. The third kappa shape index (κ3) is 5.12. The first-order chi connectivity index (χ1) is 12.0. The summed E-state index contributed by atoms with van der Waals surface area (Å²) in [5.74, 6) is 0. The topological polar surface area (TPSA) is 58.6 Å². The maximum atomic E-state index is 12.2. The van der Waals surface area contributed by atoms with Crippen molar-refractivity contribution in [2.45, 2.75) is 23.7 Å². The first-order valence-corrected chi connectivity index (χ1v) is 10.8. The lowest BCUT2D eigenvalue weighted by Gasteiger charge is -2.33. The average molecular weight is 381 g/mol. The van der Waals surface area contributed by atoms with E-state index in [1.807, 2.05) is 31.2 Å². The Hall–Kier alpha value is -1.25. The highest BCUT2D eigenvalue weighted by atomic mass is 32.2. The van der Waals surface area contributed by atoms with Crippen LogP contribution in [-0.2, 0) is 14.8 Å². The lowest BCUT2D eigenvalue weighted by molar-refractivity contribution is -0.0300. The fourth-order valence-corrected chi connectivity index (χ4v) is 5.31. The molecule has 0 aliphatic carbocycles. The van der Waals surface area contributed by atoms with Gasteiger partial charge in [-0.25, -0.2) is 13.1 Å². The Kier molecular flexibility index (Phi) is 6.24. The summed E-state index contributed by atoms with van der Waals surface area (Å²) >= 11 is 1.30. The predicted octanol–water partition coefficient (Wildman–Crippen LogP) is 2.80. The molecule has 7 heteroatoms. The normalized spacial score (nSPS) is 19.2. The molecule has 136 valence electrons. The Labute approximate surface area is 153 Å². The van der Waals surface area contributed by atoms with Crippen molar-refractivity contribution in [1.29, 1.82) is 0 Å². The van der Waals surface area contributed by atoms with Crippen LogP contribution in [0.5, 0.6) is 0 Å². The molecule has 1 aromatic carbocycles. The van der Waals surface area contributed by atoms with Crippen molar-refractivity contribution < 1.29 is 13.2 Å². The maximum absolute atomic E-state index is 12.2. The fraction of sp³-hybridized carbons (Fsp3) is 0.444. The Morgan fingerprint density at radius 3 is 2.76 bits per heavy atom. The highest BCUT2D eigenvalue weighted by Crippen LogP contribution is 2.22. The minimum absolute atomic E-state index is 0.0979. The van der Waals surface area contributed by atoms with E-state index in [9.17, 15) is 8.42 Å². The van der Waals surface area contributed by atoms with Crippen molar-refractivity contribution in [3.05, 3.63) is 52.9 Å². The number of nitrogens with one attached hydrogen (secondary N) is 1. The molecule has 1 saturated heterocycles. The molecular formula is C18H24N2O3S2. The molecule has 0 spiro atoms. The second kappa shape index (κ2) is 8.42. The molecule has 5 nitrogen and oxygen atoms in total. The van der Waals surface area contributed by atoms with Gasteiger partial charge in [-0.2, -0.15) is 0 Å². The van der Waals surface area contributed by atoms with Crippen LogP contribution in [0, 0.1) is 6.92 Å². The summed E-state index contributed by atoms with van der Waals surface area (Å²) in [4.78, 5) is 3.34. The van der Waals surface area contributed by atoms with Crippen LogP contribution in [0.25, 0.3) is 0 Å². The summed E-state index contributed by atoms with van der Waals surface area (Å²) in [6, 6.07) is 13.7. The molecular weight excluding hydrogens is 356 g/mol. The van der Waals surface area contributed by atoms with Gasteiger partial charge in [0.2, 0.25) is 10.0 Å². The summed E-state index contributed by atoms with van der Waals surface area (Å²) in [6.07, 6.45) is 0.881. The molecule has 0 saturated carbocycles. The van der Waals surface area contributed by atoms with Crippen molar-refractivity contribution in [3.63, 3.8) is 0 Å². The smallest absolute Gasteiger partial charge is 0.250 e. The lowest BCUT2D eigenvalue weighted by atomic mass is 10.1. The van der Waals surface area contributed by atoms with Crippen molar-refractivity contribution in [2.75, 3.05) is 32.8 Å². The van der Waals surface area contributed by atoms with Crippen molar-refractivity contribution in [2.24, 2.45) is 0 Å². The highest BCUT2D eigenvalue weighted by Gasteiger charge is 2.21. The van der Waals surface area contributed by atoms with Crippen molar-refractivity contribution >= 4 is 21.4 Å². The van der Waals surface area contributed by atoms with E-state index in [1.165, 1.54) is 16.9 Å². The summed E-state index contributed by atoms with van der Waals surface area (Å²) in [5.41, 5.74) is 1.20. The van der Waals surface area contributed by atoms with Gasteiger partial charge in [0.1, 0.15) is 4.21 Å². The molecule has 1 aliphatic rings. The monoisotopic (exact) mass is 380 g/mol. The lowest BCUT2D eigenvalue weighted by Crippen LogP contribution is -2.39. The number of hydrogen-bond donors (Lipinski definition) is 1. The van der Waals surface area contributed by atoms with Gasteiger partial charge in [0.05, 0.1) is 12.7 Å². The molecule has 0 radical (unpaired) electrons. The van der Waals surface area contributed by atoms with E-state index >= 15 is 0 Å². The molecule has 1 atom stereocenters. The molecule has 3 rings (SSSR count). The molecule has 1 fully saturated rings. The number of benzene rings is 1. The fourth-order valence-electron chi connectivity index (χ4n) is 2.91. The number of ether oxygens (including phenoxy) is 1. The van der Waals surface area contributed by atoms with Gasteiger partial charge in [-0.3, -0.25) is 4.90 Å².